The summed E-state index contributed by atoms with van der Waals surface area (Å²) in [5.74, 6) is 0. The van der Waals surface area contributed by atoms with Crippen molar-refractivity contribution in [1.82, 2.24) is 15.0 Å². The number of hydrogen-bond donors (Lipinski definition) is 0. The van der Waals surface area contributed by atoms with Crippen LogP contribution in [0, 0.1) is 0 Å². The van der Waals surface area contributed by atoms with Gasteiger partial charge >= 0.3 is 0 Å². The van der Waals surface area contributed by atoms with Crippen LogP contribution in [-0.4, -0.2) is 33.9 Å². The quantitative estimate of drug-likeness (QED) is 0.765. The molecule has 5 heteroatoms. The van der Waals surface area contributed by atoms with Gasteiger partial charge in [-0.25, -0.2) is 4.68 Å². The molecule has 21 heavy (non-hydrogen) atoms. The van der Waals surface area contributed by atoms with Gasteiger partial charge in [-0.2, -0.15) is 0 Å². The Balaban J connectivity index is 2.68. The van der Waals surface area contributed by atoms with Gasteiger partial charge in [-0.1, -0.05) is 31.2 Å². The van der Waals surface area contributed by atoms with Crippen molar-refractivity contribution >= 4 is 16.7 Å². The SMILES string of the molecule is CCC(=NC)C(CC)(OC(C)C)n1nnc2ccccc21. The Kier molecular flexibility index (Phi) is 4.73. The van der Waals surface area contributed by atoms with Crippen molar-refractivity contribution in [3.63, 3.8) is 0 Å². The third-order valence-electron chi connectivity index (χ3n) is 3.66. The van der Waals surface area contributed by atoms with Gasteiger partial charge in [0.1, 0.15) is 5.52 Å². The van der Waals surface area contributed by atoms with Gasteiger partial charge in [0.2, 0.25) is 5.72 Å². The Morgan fingerprint density at radius 2 is 2.05 bits per heavy atom. The number of rotatable bonds is 6. The molecule has 0 aliphatic rings. The van der Waals surface area contributed by atoms with E-state index in [4.69, 9.17) is 4.74 Å². The van der Waals surface area contributed by atoms with E-state index in [0.717, 1.165) is 29.6 Å². The molecular formula is C16H24N4O. The van der Waals surface area contributed by atoms with Crippen molar-refractivity contribution in [2.24, 2.45) is 4.99 Å². The van der Waals surface area contributed by atoms with E-state index in [1.165, 1.54) is 0 Å². The molecule has 0 aliphatic carbocycles. The average Bonchev–Trinajstić information content (AvgIpc) is 2.91. The van der Waals surface area contributed by atoms with Crippen LogP contribution in [0.25, 0.3) is 11.0 Å². The Morgan fingerprint density at radius 1 is 1.33 bits per heavy atom. The van der Waals surface area contributed by atoms with Crippen LogP contribution in [-0.2, 0) is 10.5 Å². The van der Waals surface area contributed by atoms with Crippen LogP contribution in [0.15, 0.2) is 29.3 Å². The average molecular weight is 288 g/mol. The minimum Gasteiger partial charge on any atom is -0.346 e. The number of aromatic nitrogens is 3. The van der Waals surface area contributed by atoms with Gasteiger partial charge in [-0.05, 0) is 32.4 Å². The standard InChI is InChI=1S/C16H24N4O/c1-6-15(17-5)16(7-2,21-12(3)4)20-14-11-9-8-10-13(14)18-19-20/h8-12H,6-7H2,1-5H3. The Labute approximate surface area is 126 Å². The smallest absolute Gasteiger partial charge is 0.201 e. The maximum atomic E-state index is 6.31. The van der Waals surface area contributed by atoms with Gasteiger partial charge in [-0.15, -0.1) is 5.10 Å². The largest absolute Gasteiger partial charge is 0.346 e. The van der Waals surface area contributed by atoms with Crippen molar-refractivity contribution in [3.05, 3.63) is 24.3 Å². The molecule has 0 saturated heterocycles. The second kappa shape index (κ2) is 6.35. The normalized spacial score (nSPS) is 15.6. The van der Waals surface area contributed by atoms with Crippen LogP contribution >= 0.6 is 0 Å². The zero-order valence-electron chi connectivity index (χ0n) is 13.5. The van der Waals surface area contributed by atoms with Gasteiger partial charge < -0.3 is 4.74 Å². The van der Waals surface area contributed by atoms with Gasteiger partial charge in [-0.3, -0.25) is 4.99 Å². The summed E-state index contributed by atoms with van der Waals surface area (Å²) < 4.78 is 8.20. The van der Waals surface area contributed by atoms with Crippen molar-refractivity contribution in [3.8, 4) is 0 Å². The molecule has 0 fully saturated rings. The van der Waals surface area contributed by atoms with E-state index >= 15 is 0 Å². The molecule has 114 valence electrons. The number of nitrogens with zero attached hydrogens (tertiary/aromatic N) is 4. The maximum absolute atomic E-state index is 6.31. The highest BCUT2D eigenvalue weighted by atomic mass is 16.5. The highest BCUT2D eigenvalue weighted by molar-refractivity contribution is 5.91. The first-order valence-corrected chi connectivity index (χ1v) is 7.53. The number of benzene rings is 1. The van der Waals surface area contributed by atoms with E-state index in [1.54, 1.807) is 0 Å². The molecule has 5 nitrogen and oxygen atoms in total. The van der Waals surface area contributed by atoms with Gasteiger partial charge in [0.15, 0.2) is 0 Å². The van der Waals surface area contributed by atoms with E-state index in [0.29, 0.717) is 0 Å². The predicted octanol–water partition coefficient (Wildman–Crippen LogP) is 3.40. The lowest BCUT2D eigenvalue weighted by Gasteiger charge is -2.36. The molecule has 0 N–H and O–H groups in total. The molecule has 0 spiro atoms. The first-order chi connectivity index (χ1) is 10.1. The Hall–Kier alpha value is -1.75. The fraction of sp³-hybridized carbons (Fsp3) is 0.562. The fourth-order valence-corrected chi connectivity index (χ4v) is 2.81. The van der Waals surface area contributed by atoms with Crippen molar-refractivity contribution in [1.29, 1.82) is 0 Å². The molecule has 1 heterocycles. The van der Waals surface area contributed by atoms with Gasteiger partial charge in [0.05, 0.1) is 17.3 Å². The second-order valence-corrected chi connectivity index (χ2v) is 5.32. The summed E-state index contributed by atoms with van der Waals surface area (Å²) in [6.07, 6.45) is 1.63. The predicted molar refractivity (Wildman–Crippen MR) is 85.7 cm³/mol. The first kappa shape index (κ1) is 15.6. The minimum absolute atomic E-state index is 0.0659. The summed E-state index contributed by atoms with van der Waals surface area (Å²) in [6, 6.07) is 7.94. The molecular weight excluding hydrogens is 264 g/mol. The van der Waals surface area contributed by atoms with Crippen molar-refractivity contribution in [2.45, 2.75) is 52.4 Å². The summed E-state index contributed by atoms with van der Waals surface area (Å²) in [6.45, 7) is 8.26. The molecule has 1 atom stereocenters. The highest BCUT2D eigenvalue weighted by Gasteiger charge is 2.39. The molecule has 0 amide bonds. The molecule has 1 unspecified atom stereocenters. The minimum atomic E-state index is -0.673. The van der Waals surface area contributed by atoms with Crippen LogP contribution in [0.5, 0.6) is 0 Å². The lowest BCUT2D eigenvalue weighted by molar-refractivity contribution is -0.0943. The van der Waals surface area contributed by atoms with E-state index in [1.807, 2.05) is 49.8 Å². The molecule has 0 radical (unpaired) electrons. The topological polar surface area (TPSA) is 52.3 Å². The lowest BCUT2D eigenvalue weighted by Crippen LogP contribution is -2.46. The fourth-order valence-electron chi connectivity index (χ4n) is 2.81. The molecule has 2 aromatic rings. The molecule has 0 aliphatic heterocycles. The summed E-state index contributed by atoms with van der Waals surface area (Å²) in [5, 5.41) is 8.64. The van der Waals surface area contributed by atoms with Gasteiger partial charge in [0.25, 0.3) is 0 Å². The molecule has 0 bridgehead atoms. The third kappa shape index (κ3) is 2.70. The van der Waals surface area contributed by atoms with E-state index < -0.39 is 5.72 Å². The number of fused-ring (bicyclic) bond motifs is 1. The van der Waals surface area contributed by atoms with Crippen LogP contribution in [0.2, 0.25) is 0 Å². The molecule has 2 rings (SSSR count). The zero-order chi connectivity index (χ0) is 15.5. The Morgan fingerprint density at radius 3 is 2.62 bits per heavy atom. The van der Waals surface area contributed by atoms with Crippen LogP contribution in [0.4, 0.5) is 0 Å². The number of para-hydroxylation sites is 1. The number of aliphatic imine (C=N–C) groups is 1. The number of ether oxygens (including phenoxy) is 1. The highest BCUT2D eigenvalue weighted by Crippen LogP contribution is 2.30. The molecule has 1 aromatic carbocycles. The van der Waals surface area contributed by atoms with E-state index in [9.17, 15) is 0 Å². The number of hydrogen-bond acceptors (Lipinski definition) is 4. The van der Waals surface area contributed by atoms with Crippen molar-refractivity contribution in [2.75, 3.05) is 7.05 Å². The first-order valence-electron chi connectivity index (χ1n) is 7.53. The van der Waals surface area contributed by atoms with Crippen molar-refractivity contribution < 1.29 is 4.74 Å². The summed E-state index contributed by atoms with van der Waals surface area (Å²) in [5.41, 5.74) is 2.14. The van der Waals surface area contributed by atoms with Crippen LogP contribution in [0.3, 0.4) is 0 Å². The maximum Gasteiger partial charge on any atom is 0.201 e. The summed E-state index contributed by atoms with van der Waals surface area (Å²) in [7, 11) is 1.81. The molecule has 1 aromatic heterocycles. The van der Waals surface area contributed by atoms with E-state index in [2.05, 4.69) is 29.2 Å². The summed E-state index contributed by atoms with van der Waals surface area (Å²) in [4.78, 5) is 4.47. The zero-order valence-corrected chi connectivity index (χ0v) is 13.5. The lowest BCUT2D eigenvalue weighted by atomic mass is 10.0. The summed E-state index contributed by atoms with van der Waals surface area (Å²) >= 11 is 0. The molecule has 0 saturated carbocycles. The Bertz CT molecular complexity index is 632. The third-order valence-corrected chi connectivity index (χ3v) is 3.66. The van der Waals surface area contributed by atoms with Crippen LogP contribution < -0.4 is 0 Å². The second-order valence-electron chi connectivity index (χ2n) is 5.32. The van der Waals surface area contributed by atoms with Crippen LogP contribution in [0.1, 0.15) is 40.5 Å². The monoisotopic (exact) mass is 288 g/mol. The van der Waals surface area contributed by atoms with Gasteiger partial charge in [0, 0.05) is 13.5 Å². The van der Waals surface area contributed by atoms with E-state index in [-0.39, 0.29) is 6.10 Å².